The van der Waals surface area contributed by atoms with Crippen molar-refractivity contribution in [2.45, 2.75) is 20.0 Å². The zero-order valence-corrected chi connectivity index (χ0v) is 8.93. The van der Waals surface area contributed by atoms with Crippen LogP contribution in [-0.2, 0) is 0 Å². The molecule has 0 spiro atoms. The summed E-state index contributed by atoms with van der Waals surface area (Å²) in [6, 6.07) is 5.33. The van der Waals surface area contributed by atoms with Gasteiger partial charge in [0.15, 0.2) is 6.10 Å². The van der Waals surface area contributed by atoms with Crippen LogP contribution in [0.5, 0.6) is 5.75 Å². The zero-order valence-electron chi connectivity index (χ0n) is 8.17. The molecular weight excluding hydrogens is 200 g/mol. The third kappa shape index (κ3) is 2.64. The maximum atomic E-state index is 7.19. The van der Waals surface area contributed by atoms with Crippen LogP contribution in [0.15, 0.2) is 18.2 Å². The third-order valence-electron chi connectivity index (χ3n) is 1.88. The second kappa shape index (κ2) is 4.33. The van der Waals surface area contributed by atoms with Gasteiger partial charge in [-0.15, -0.1) is 0 Å². The van der Waals surface area contributed by atoms with Crippen LogP contribution in [0.25, 0.3) is 0 Å². The highest BCUT2D eigenvalue weighted by molar-refractivity contribution is 6.30. The number of hydrogen-bond donors (Lipinski definition) is 2. The maximum absolute atomic E-state index is 7.19. The molecule has 14 heavy (non-hydrogen) atoms. The molecule has 4 heteroatoms. The van der Waals surface area contributed by atoms with Gasteiger partial charge in [-0.25, -0.2) is 0 Å². The highest BCUT2D eigenvalue weighted by Crippen LogP contribution is 2.22. The Balaban J connectivity index is 2.82. The topological polar surface area (TPSA) is 59.1 Å². The third-order valence-corrected chi connectivity index (χ3v) is 2.11. The molecule has 76 valence electrons. The van der Waals surface area contributed by atoms with E-state index < -0.39 is 6.10 Å². The summed E-state index contributed by atoms with van der Waals surface area (Å²) in [5.41, 5.74) is 6.23. The SMILES string of the molecule is Cc1cc(Cl)ccc1OC(C)C(=N)N. The van der Waals surface area contributed by atoms with Gasteiger partial charge in [-0.3, -0.25) is 5.41 Å². The summed E-state index contributed by atoms with van der Waals surface area (Å²) in [6.45, 7) is 3.63. The number of benzene rings is 1. The van der Waals surface area contributed by atoms with E-state index in [2.05, 4.69) is 0 Å². The molecular formula is C10H13ClN2O. The van der Waals surface area contributed by atoms with Crippen molar-refractivity contribution >= 4 is 17.4 Å². The summed E-state index contributed by atoms with van der Waals surface area (Å²) in [7, 11) is 0. The van der Waals surface area contributed by atoms with Crippen molar-refractivity contribution in [3.8, 4) is 5.75 Å². The van der Waals surface area contributed by atoms with Gasteiger partial charge in [-0.2, -0.15) is 0 Å². The maximum Gasteiger partial charge on any atom is 0.152 e. The van der Waals surface area contributed by atoms with Crippen molar-refractivity contribution < 1.29 is 4.74 Å². The van der Waals surface area contributed by atoms with E-state index in [1.54, 1.807) is 19.1 Å². The number of halogens is 1. The van der Waals surface area contributed by atoms with Crippen LogP contribution in [0.1, 0.15) is 12.5 Å². The molecule has 1 unspecified atom stereocenters. The van der Waals surface area contributed by atoms with E-state index in [0.717, 1.165) is 5.56 Å². The zero-order chi connectivity index (χ0) is 10.7. The summed E-state index contributed by atoms with van der Waals surface area (Å²) < 4.78 is 5.45. The highest BCUT2D eigenvalue weighted by Gasteiger charge is 2.08. The van der Waals surface area contributed by atoms with E-state index in [0.29, 0.717) is 10.8 Å². The van der Waals surface area contributed by atoms with Gasteiger partial charge >= 0.3 is 0 Å². The Bertz CT molecular complexity index is 352. The molecule has 0 saturated carbocycles. The fourth-order valence-corrected chi connectivity index (χ4v) is 1.23. The van der Waals surface area contributed by atoms with Crippen molar-refractivity contribution in [1.82, 2.24) is 0 Å². The van der Waals surface area contributed by atoms with E-state index in [-0.39, 0.29) is 5.84 Å². The van der Waals surface area contributed by atoms with Gasteiger partial charge in [0, 0.05) is 5.02 Å². The van der Waals surface area contributed by atoms with Crippen molar-refractivity contribution in [3.05, 3.63) is 28.8 Å². The molecule has 3 nitrogen and oxygen atoms in total. The monoisotopic (exact) mass is 212 g/mol. The van der Waals surface area contributed by atoms with E-state index in [1.807, 2.05) is 13.0 Å². The number of nitrogens with two attached hydrogens (primary N) is 1. The fraction of sp³-hybridized carbons (Fsp3) is 0.300. The first-order valence-corrected chi connectivity index (χ1v) is 4.65. The number of hydrogen-bond acceptors (Lipinski definition) is 2. The lowest BCUT2D eigenvalue weighted by atomic mass is 10.2. The number of nitrogens with one attached hydrogen (secondary N) is 1. The van der Waals surface area contributed by atoms with Crippen molar-refractivity contribution in [2.75, 3.05) is 0 Å². The Hall–Kier alpha value is -1.22. The van der Waals surface area contributed by atoms with Gasteiger partial charge < -0.3 is 10.5 Å². The molecule has 1 atom stereocenters. The van der Waals surface area contributed by atoms with Crippen molar-refractivity contribution in [1.29, 1.82) is 5.41 Å². The molecule has 0 radical (unpaired) electrons. The number of rotatable bonds is 3. The predicted molar refractivity (Wildman–Crippen MR) is 58.2 cm³/mol. The molecule has 0 aliphatic rings. The van der Waals surface area contributed by atoms with E-state index in [9.17, 15) is 0 Å². The van der Waals surface area contributed by atoms with Gasteiger partial charge in [-0.05, 0) is 37.6 Å². The van der Waals surface area contributed by atoms with E-state index in [1.165, 1.54) is 0 Å². The normalized spacial score (nSPS) is 12.2. The molecule has 0 aliphatic carbocycles. The highest BCUT2D eigenvalue weighted by atomic mass is 35.5. The van der Waals surface area contributed by atoms with Crippen molar-refractivity contribution in [3.63, 3.8) is 0 Å². The molecule has 1 aromatic rings. The minimum atomic E-state index is -0.408. The molecule has 0 heterocycles. The molecule has 0 fully saturated rings. The number of amidine groups is 1. The Morgan fingerprint density at radius 2 is 2.21 bits per heavy atom. The summed E-state index contributed by atoms with van der Waals surface area (Å²) in [5.74, 6) is 0.719. The summed E-state index contributed by atoms with van der Waals surface area (Å²) >= 11 is 5.79. The first-order valence-electron chi connectivity index (χ1n) is 4.27. The van der Waals surface area contributed by atoms with Gasteiger partial charge in [0.1, 0.15) is 11.6 Å². The van der Waals surface area contributed by atoms with Crippen LogP contribution in [0, 0.1) is 12.3 Å². The minimum Gasteiger partial charge on any atom is -0.483 e. The fourth-order valence-electron chi connectivity index (χ4n) is 0.999. The molecule has 0 aromatic heterocycles. The molecule has 1 aromatic carbocycles. The Labute approximate surface area is 88.3 Å². The quantitative estimate of drug-likeness (QED) is 0.597. The Morgan fingerprint density at radius 3 is 2.71 bits per heavy atom. The van der Waals surface area contributed by atoms with Gasteiger partial charge in [-0.1, -0.05) is 11.6 Å². The summed E-state index contributed by atoms with van der Waals surface area (Å²) in [4.78, 5) is 0. The van der Waals surface area contributed by atoms with E-state index in [4.69, 9.17) is 27.5 Å². The first-order chi connectivity index (χ1) is 6.50. The predicted octanol–water partition coefficient (Wildman–Crippen LogP) is 2.35. The smallest absolute Gasteiger partial charge is 0.152 e. The van der Waals surface area contributed by atoms with Crippen LogP contribution in [0.4, 0.5) is 0 Å². The lowest BCUT2D eigenvalue weighted by molar-refractivity contribution is 0.283. The molecule has 0 saturated heterocycles. The second-order valence-corrected chi connectivity index (χ2v) is 3.56. The van der Waals surface area contributed by atoms with Crippen LogP contribution >= 0.6 is 11.6 Å². The lowest BCUT2D eigenvalue weighted by Gasteiger charge is -2.14. The molecule has 0 aliphatic heterocycles. The standard InChI is InChI=1S/C10H13ClN2O/c1-6-5-8(11)3-4-9(6)14-7(2)10(12)13/h3-5,7H,1-2H3,(H3,12,13). The summed E-state index contributed by atoms with van der Waals surface area (Å²) in [5, 5.41) is 7.86. The molecule has 1 rings (SSSR count). The average molecular weight is 213 g/mol. The van der Waals surface area contributed by atoms with Crippen LogP contribution in [0.2, 0.25) is 5.02 Å². The van der Waals surface area contributed by atoms with E-state index >= 15 is 0 Å². The largest absolute Gasteiger partial charge is 0.483 e. The first kappa shape index (κ1) is 10.9. The van der Waals surface area contributed by atoms with Gasteiger partial charge in [0.2, 0.25) is 0 Å². The number of ether oxygens (including phenoxy) is 1. The van der Waals surface area contributed by atoms with Crippen molar-refractivity contribution in [2.24, 2.45) is 5.73 Å². The molecule has 0 bridgehead atoms. The number of aryl methyl sites for hydroxylation is 1. The van der Waals surface area contributed by atoms with Gasteiger partial charge in [0.05, 0.1) is 0 Å². The Morgan fingerprint density at radius 1 is 1.57 bits per heavy atom. The van der Waals surface area contributed by atoms with Gasteiger partial charge in [0.25, 0.3) is 0 Å². The average Bonchev–Trinajstić information content (AvgIpc) is 2.09. The van der Waals surface area contributed by atoms with Crippen LogP contribution < -0.4 is 10.5 Å². The molecule has 0 amide bonds. The molecule has 3 N–H and O–H groups in total. The Kier molecular flexibility index (Phi) is 3.36. The lowest BCUT2D eigenvalue weighted by Crippen LogP contribution is -2.30. The van der Waals surface area contributed by atoms with Crippen LogP contribution in [0.3, 0.4) is 0 Å². The summed E-state index contributed by atoms with van der Waals surface area (Å²) in [6.07, 6.45) is -0.408. The second-order valence-electron chi connectivity index (χ2n) is 3.13. The van der Waals surface area contributed by atoms with Crippen LogP contribution in [-0.4, -0.2) is 11.9 Å². The minimum absolute atomic E-state index is 0.0133.